The van der Waals surface area contributed by atoms with E-state index in [9.17, 15) is 4.79 Å². The Bertz CT molecular complexity index is 239. The van der Waals surface area contributed by atoms with Crippen LogP contribution in [0.15, 0.2) is 0 Å². The highest BCUT2D eigenvalue weighted by atomic mass is 16.5. The van der Waals surface area contributed by atoms with Crippen LogP contribution >= 0.6 is 0 Å². The lowest BCUT2D eigenvalue weighted by Gasteiger charge is -2.14. The largest absolute Gasteiger partial charge is 0.453 e. The van der Waals surface area contributed by atoms with Crippen molar-refractivity contribution in [1.29, 1.82) is 0 Å². The molecule has 86 valence electrons. The van der Waals surface area contributed by atoms with Gasteiger partial charge in [0.15, 0.2) is 0 Å². The highest BCUT2D eigenvalue weighted by Gasteiger charge is 2.04. The van der Waals surface area contributed by atoms with Gasteiger partial charge in [0.05, 0.1) is 20.2 Å². The first-order valence-electron chi connectivity index (χ1n) is 5.12. The van der Waals surface area contributed by atoms with Crippen molar-refractivity contribution in [1.82, 2.24) is 9.80 Å². The molecule has 15 heavy (non-hydrogen) atoms. The quantitative estimate of drug-likeness (QED) is 0.652. The van der Waals surface area contributed by atoms with Crippen LogP contribution in [0, 0.1) is 11.8 Å². The van der Waals surface area contributed by atoms with Crippen molar-refractivity contribution in [2.24, 2.45) is 0 Å². The zero-order valence-corrected chi connectivity index (χ0v) is 10.0. The van der Waals surface area contributed by atoms with Crippen molar-refractivity contribution in [2.75, 3.05) is 40.3 Å². The van der Waals surface area contributed by atoms with Crippen molar-refractivity contribution in [3.05, 3.63) is 0 Å². The van der Waals surface area contributed by atoms with Crippen LogP contribution in [0.25, 0.3) is 0 Å². The summed E-state index contributed by atoms with van der Waals surface area (Å²) in [5.74, 6) is 5.96. The molecule has 0 heterocycles. The van der Waals surface area contributed by atoms with E-state index in [4.69, 9.17) is 0 Å². The van der Waals surface area contributed by atoms with Gasteiger partial charge in [-0.2, -0.15) is 0 Å². The number of hydrogen-bond acceptors (Lipinski definition) is 3. The minimum Gasteiger partial charge on any atom is -0.453 e. The van der Waals surface area contributed by atoms with Gasteiger partial charge in [-0.25, -0.2) is 4.79 Å². The summed E-state index contributed by atoms with van der Waals surface area (Å²) >= 11 is 0. The molecule has 0 bridgehead atoms. The smallest absolute Gasteiger partial charge is 0.410 e. The maximum absolute atomic E-state index is 11.0. The first-order chi connectivity index (χ1) is 7.15. The number of methoxy groups -OCH3 is 1. The number of rotatable bonds is 4. The first-order valence-corrected chi connectivity index (χ1v) is 5.12. The Hall–Kier alpha value is -1.21. The second-order valence-electron chi connectivity index (χ2n) is 3.14. The molecule has 0 aromatic heterocycles. The monoisotopic (exact) mass is 212 g/mol. The lowest BCUT2D eigenvalue weighted by Crippen LogP contribution is -2.27. The van der Waals surface area contributed by atoms with Gasteiger partial charge in [-0.3, -0.25) is 4.90 Å². The Morgan fingerprint density at radius 3 is 2.20 bits per heavy atom. The molecule has 4 nitrogen and oxygen atoms in total. The second-order valence-corrected chi connectivity index (χ2v) is 3.14. The van der Waals surface area contributed by atoms with Gasteiger partial charge in [-0.05, 0) is 13.1 Å². The van der Waals surface area contributed by atoms with Gasteiger partial charge in [0.1, 0.15) is 0 Å². The summed E-state index contributed by atoms with van der Waals surface area (Å²) in [5.41, 5.74) is 0. The maximum Gasteiger partial charge on any atom is 0.410 e. The van der Waals surface area contributed by atoms with E-state index in [-0.39, 0.29) is 6.09 Å². The van der Waals surface area contributed by atoms with E-state index < -0.39 is 0 Å². The van der Waals surface area contributed by atoms with Crippen molar-refractivity contribution in [3.63, 3.8) is 0 Å². The van der Waals surface area contributed by atoms with Gasteiger partial charge >= 0.3 is 6.09 Å². The summed E-state index contributed by atoms with van der Waals surface area (Å²) in [6, 6.07) is 0. The van der Waals surface area contributed by atoms with Crippen LogP contribution in [-0.2, 0) is 4.74 Å². The second kappa shape index (κ2) is 8.13. The molecule has 0 aliphatic heterocycles. The van der Waals surface area contributed by atoms with Crippen LogP contribution in [0.2, 0.25) is 0 Å². The minimum absolute atomic E-state index is 0.355. The molecular weight excluding hydrogens is 192 g/mol. The SMILES string of the molecule is CCN(CC)CC#CCN(C)C(=O)OC. The Labute approximate surface area is 92.2 Å². The standard InChI is InChI=1S/C11H20N2O2/c1-5-13(6-2)10-8-7-9-12(3)11(14)15-4/h5-6,9-10H2,1-4H3. The summed E-state index contributed by atoms with van der Waals surface area (Å²) in [4.78, 5) is 14.6. The highest BCUT2D eigenvalue weighted by molar-refractivity contribution is 5.67. The van der Waals surface area contributed by atoms with Gasteiger partial charge in [-0.15, -0.1) is 0 Å². The van der Waals surface area contributed by atoms with Crippen molar-refractivity contribution >= 4 is 6.09 Å². The molecule has 4 heteroatoms. The Kier molecular flexibility index (Phi) is 7.47. The average molecular weight is 212 g/mol. The fourth-order valence-electron chi connectivity index (χ4n) is 1.01. The zero-order valence-electron chi connectivity index (χ0n) is 10.0. The minimum atomic E-state index is -0.355. The lowest BCUT2D eigenvalue weighted by molar-refractivity contribution is 0.138. The lowest BCUT2D eigenvalue weighted by atomic mass is 10.4. The normalized spacial score (nSPS) is 9.40. The van der Waals surface area contributed by atoms with Crippen LogP contribution in [0.5, 0.6) is 0 Å². The average Bonchev–Trinajstić information content (AvgIpc) is 2.27. The van der Waals surface area contributed by atoms with E-state index in [1.54, 1.807) is 7.05 Å². The molecule has 0 N–H and O–H groups in total. The Morgan fingerprint density at radius 2 is 1.73 bits per heavy atom. The third-order valence-electron chi connectivity index (χ3n) is 2.12. The van der Waals surface area contributed by atoms with Crippen LogP contribution in [0.4, 0.5) is 4.79 Å². The summed E-state index contributed by atoms with van der Waals surface area (Å²) in [7, 11) is 3.03. The number of carbonyl (C=O) groups is 1. The molecule has 0 aromatic carbocycles. The topological polar surface area (TPSA) is 32.8 Å². The molecule has 0 atom stereocenters. The summed E-state index contributed by atoms with van der Waals surface area (Å²) in [6.07, 6.45) is -0.355. The van der Waals surface area contributed by atoms with Gasteiger partial charge in [0.2, 0.25) is 0 Å². The van der Waals surface area contributed by atoms with Gasteiger partial charge in [0, 0.05) is 7.05 Å². The van der Waals surface area contributed by atoms with Crippen LogP contribution in [0.3, 0.4) is 0 Å². The van der Waals surface area contributed by atoms with Crippen LogP contribution < -0.4 is 0 Å². The van der Waals surface area contributed by atoms with Crippen LogP contribution in [0.1, 0.15) is 13.8 Å². The molecule has 0 spiro atoms. The fourth-order valence-corrected chi connectivity index (χ4v) is 1.01. The van der Waals surface area contributed by atoms with E-state index in [0.717, 1.165) is 19.6 Å². The third-order valence-corrected chi connectivity index (χ3v) is 2.12. The van der Waals surface area contributed by atoms with E-state index >= 15 is 0 Å². The molecule has 0 radical (unpaired) electrons. The number of carbonyl (C=O) groups excluding carboxylic acids is 1. The summed E-state index contributed by atoms with van der Waals surface area (Å²) in [5, 5.41) is 0. The molecule has 0 saturated heterocycles. The number of amides is 1. The van der Waals surface area contributed by atoms with E-state index in [1.165, 1.54) is 12.0 Å². The highest BCUT2D eigenvalue weighted by Crippen LogP contribution is 1.87. The predicted molar refractivity (Wildman–Crippen MR) is 60.6 cm³/mol. The van der Waals surface area contributed by atoms with Crippen molar-refractivity contribution < 1.29 is 9.53 Å². The first kappa shape index (κ1) is 13.8. The Balaban J connectivity index is 3.84. The molecule has 1 amide bonds. The van der Waals surface area contributed by atoms with E-state index in [2.05, 4.69) is 35.3 Å². The van der Waals surface area contributed by atoms with E-state index in [1.807, 2.05) is 0 Å². The Morgan fingerprint density at radius 1 is 1.20 bits per heavy atom. The molecule has 0 rings (SSSR count). The summed E-state index contributed by atoms with van der Waals surface area (Å²) < 4.78 is 4.54. The number of hydrogen-bond donors (Lipinski definition) is 0. The molecule has 0 aliphatic carbocycles. The maximum atomic E-state index is 11.0. The fraction of sp³-hybridized carbons (Fsp3) is 0.727. The van der Waals surface area contributed by atoms with Crippen LogP contribution in [-0.4, -0.2) is 56.2 Å². The molecular formula is C11H20N2O2. The number of nitrogens with zero attached hydrogens (tertiary/aromatic N) is 2. The van der Waals surface area contributed by atoms with Gasteiger partial charge in [-0.1, -0.05) is 25.7 Å². The zero-order chi connectivity index (χ0) is 11.7. The van der Waals surface area contributed by atoms with Crippen molar-refractivity contribution in [3.8, 4) is 11.8 Å². The van der Waals surface area contributed by atoms with Gasteiger partial charge in [0.25, 0.3) is 0 Å². The van der Waals surface area contributed by atoms with Crippen molar-refractivity contribution in [2.45, 2.75) is 13.8 Å². The predicted octanol–water partition coefficient (Wildman–Crippen LogP) is 1.03. The summed E-state index contributed by atoms with van der Waals surface area (Å²) in [6.45, 7) is 7.36. The molecule has 0 unspecified atom stereocenters. The van der Waals surface area contributed by atoms with E-state index in [0.29, 0.717) is 6.54 Å². The molecule has 0 fully saturated rings. The molecule has 0 aromatic rings. The number of ether oxygens (including phenoxy) is 1. The molecule has 0 saturated carbocycles. The van der Waals surface area contributed by atoms with Gasteiger partial charge < -0.3 is 9.64 Å². The third kappa shape index (κ3) is 5.97. The molecule has 0 aliphatic rings.